The van der Waals surface area contributed by atoms with Gasteiger partial charge in [0, 0.05) is 12.1 Å². The number of aryl methyl sites for hydroxylation is 2. The molecule has 0 unspecified atom stereocenters. The third-order valence-corrected chi connectivity index (χ3v) is 5.31. The van der Waals surface area contributed by atoms with Gasteiger partial charge in [-0.3, -0.25) is 4.79 Å². The maximum atomic E-state index is 13.4. The summed E-state index contributed by atoms with van der Waals surface area (Å²) in [6.07, 6.45) is 3.41. The Balaban J connectivity index is 2.00. The lowest BCUT2D eigenvalue weighted by Gasteiger charge is -2.17. The number of carbonyl (C=O) groups is 1. The first-order valence-electron chi connectivity index (χ1n) is 11.3. The summed E-state index contributed by atoms with van der Waals surface area (Å²) in [5.74, 6) is 1.30. The number of nitrogens with zero attached hydrogens (tertiary/aromatic N) is 1. The molecule has 0 radical (unpaired) electrons. The van der Waals surface area contributed by atoms with E-state index in [1.807, 2.05) is 70.4 Å². The fraction of sp³-hybridized carbons (Fsp3) is 0.276. The summed E-state index contributed by atoms with van der Waals surface area (Å²) in [7, 11) is 4.00. The van der Waals surface area contributed by atoms with Crippen LogP contribution in [0.4, 0.5) is 0 Å². The highest BCUT2D eigenvalue weighted by atomic mass is 16.5. The van der Waals surface area contributed by atoms with E-state index in [-0.39, 0.29) is 5.78 Å². The Hall–Kier alpha value is -3.37. The first-order chi connectivity index (χ1) is 15.9. The highest BCUT2D eigenvalue weighted by Gasteiger charge is 2.16. The molecule has 0 aliphatic rings. The maximum absolute atomic E-state index is 13.4. The number of para-hydroxylation sites is 1. The van der Waals surface area contributed by atoms with E-state index in [1.165, 1.54) is 5.56 Å². The third kappa shape index (κ3) is 6.56. The van der Waals surface area contributed by atoms with Crippen molar-refractivity contribution in [3.63, 3.8) is 0 Å². The smallest absolute Gasteiger partial charge is 0.189 e. The number of hydrogen-bond acceptors (Lipinski definition) is 4. The molecular formula is C29H33NO3. The Morgan fingerprint density at radius 3 is 2.45 bits per heavy atom. The Morgan fingerprint density at radius 1 is 0.939 bits per heavy atom. The van der Waals surface area contributed by atoms with Gasteiger partial charge in [-0.1, -0.05) is 48.0 Å². The summed E-state index contributed by atoms with van der Waals surface area (Å²) in [4.78, 5) is 15.4. The molecule has 172 valence electrons. The van der Waals surface area contributed by atoms with Crippen molar-refractivity contribution in [2.45, 2.75) is 20.8 Å². The second-order valence-corrected chi connectivity index (χ2v) is 8.36. The monoisotopic (exact) mass is 443 g/mol. The lowest BCUT2D eigenvalue weighted by molar-refractivity contribution is 0.104. The molecule has 0 aromatic heterocycles. The third-order valence-electron chi connectivity index (χ3n) is 5.31. The summed E-state index contributed by atoms with van der Waals surface area (Å²) in [6.45, 7) is 7.86. The number of ether oxygens (including phenoxy) is 2. The van der Waals surface area contributed by atoms with E-state index in [2.05, 4.69) is 36.1 Å². The summed E-state index contributed by atoms with van der Waals surface area (Å²) < 4.78 is 11.8. The highest BCUT2D eigenvalue weighted by Crippen LogP contribution is 2.32. The number of ketones is 1. The average molecular weight is 444 g/mol. The van der Waals surface area contributed by atoms with E-state index in [9.17, 15) is 4.79 Å². The van der Waals surface area contributed by atoms with Gasteiger partial charge in [0.15, 0.2) is 5.78 Å². The van der Waals surface area contributed by atoms with Crippen LogP contribution in [-0.4, -0.2) is 44.5 Å². The van der Waals surface area contributed by atoms with E-state index in [0.29, 0.717) is 24.5 Å². The Morgan fingerprint density at radius 2 is 1.73 bits per heavy atom. The fourth-order valence-corrected chi connectivity index (χ4v) is 3.63. The zero-order valence-electron chi connectivity index (χ0n) is 20.2. The van der Waals surface area contributed by atoms with Crippen LogP contribution in [0.2, 0.25) is 0 Å². The SMILES string of the molecule is CCOc1ccccc1/C=C/C(=O)c1cc(-c2cccc(C)c2)cc(C)c1OCCN(C)C. The molecular weight excluding hydrogens is 410 g/mol. The fourth-order valence-electron chi connectivity index (χ4n) is 3.63. The molecule has 0 amide bonds. The maximum Gasteiger partial charge on any atom is 0.189 e. The van der Waals surface area contributed by atoms with Gasteiger partial charge in [-0.15, -0.1) is 0 Å². The molecule has 0 bridgehead atoms. The van der Waals surface area contributed by atoms with Crippen LogP contribution < -0.4 is 9.47 Å². The highest BCUT2D eigenvalue weighted by molar-refractivity contribution is 6.09. The molecule has 4 nitrogen and oxygen atoms in total. The Bertz CT molecular complexity index is 1130. The number of carbonyl (C=O) groups excluding carboxylic acids is 1. The molecule has 0 spiro atoms. The number of rotatable bonds is 10. The van der Waals surface area contributed by atoms with Crippen LogP contribution in [0, 0.1) is 13.8 Å². The molecule has 0 N–H and O–H groups in total. The van der Waals surface area contributed by atoms with Crippen molar-refractivity contribution in [3.05, 3.63) is 89.0 Å². The van der Waals surface area contributed by atoms with Crippen LogP contribution in [-0.2, 0) is 0 Å². The summed E-state index contributed by atoms with van der Waals surface area (Å²) in [5.41, 5.74) is 5.64. The molecule has 33 heavy (non-hydrogen) atoms. The lowest BCUT2D eigenvalue weighted by Crippen LogP contribution is -2.20. The second kappa shape index (κ2) is 11.5. The molecule has 0 saturated carbocycles. The molecule has 0 aliphatic heterocycles. The molecule has 3 rings (SSSR count). The van der Waals surface area contributed by atoms with Crippen molar-refractivity contribution in [1.82, 2.24) is 4.90 Å². The topological polar surface area (TPSA) is 38.8 Å². The quantitative estimate of drug-likeness (QED) is 0.276. The summed E-state index contributed by atoms with van der Waals surface area (Å²) in [5, 5.41) is 0. The lowest BCUT2D eigenvalue weighted by atomic mass is 9.96. The zero-order chi connectivity index (χ0) is 23.8. The number of likely N-dealkylation sites (N-methyl/N-ethyl adjacent to an activating group) is 1. The number of allylic oxidation sites excluding steroid dienone is 1. The minimum absolute atomic E-state index is 0.0984. The first kappa shape index (κ1) is 24.3. The van der Waals surface area contributed by atoms with Crippen LogP contribution in [0.1, 0.15) is 34.0 Å². The standard InChI is InChI=1S/C29H33NO3/c1-6-32-28-13-8-7-11-23(28)14-15-27(31)26-20-25(24-12-9-10-21(2)18-24)19-22(3)29(26)33-17-16-30(4)5/h7-15,18-20H,6,16-17H2,1-5H3/b15-14+. The van der Waals surface area contributed by atoms with Crippen molar-refractivity contribution in [1.29, 1.82) is 0 Å². The molecule has 0 fully saturated rings. The van der Waals surface area contributed by atoms with E-state index in [1.54, 1.807) is 6.08 Å². The normalized spacial score (nSPS) is 11.2. The first-order valence-corrected chi connectivity index (χ1v) is 11.3. The van der Waals surface area contributed by atoms with Gasteiger partial charge < -0.3 is 14.4 Å². The van der Waals surface area contributed by atoms with Crippen molar-refractivity contribution in [2.24, 2.45) is 0 Å². The van der Waals surface area contributed by atoms with Gasteiger partial charge in [0.1, 0.15) is 18.1 Å². The van der Waals surface area contributed by atoms with Gasteiger partial charge >= 0.3 is 0 Å². The van der Waals surface area contributed by atoms with Gasteiger partial charge in [0.05, 0.1) is 12.2 Å². The molecule has 3 aromatic carbocycles. The van der Waals surface area contributed by atoms with Gasteiger partial charge in [-0.2, -0.15) is 0 Å². The summed E-state index contributed by atoms with van der Waals surface area (Å²) in [6, 6.07) is 20.0. The molecule has 0 heterocycles. The van der Waals surface area contributed by atoms with Crippen molar-refractivity contribution < 1.29 is 14.3 Å². The van der Waals surface area contributed by atoms with Crippen LogP contribution >= 0.6 is 0 Å². The van der Waals surface area contributed by atoms with Gasteiger partial charge in [-0.25, -0.2) is 0 Å². The minimum Gasteiger partial charge on any atom is -0.493 e. The largest absolute Gasteiger partial charge is 0.493 e. The zero-order valence-corrected chi connectivity index (χ0v) is 20.2. The predicted molar refractivity (Wildman–Crippen MR) is 136 cm³/mol. The second-order valence-electron chi connectivity index (χ2n) is 8.36. The number of benzene rings is 3. The van der Waals surface area contributed by atoms with Gasteiger partial charge in [-0.05, 0) is 81.9 Å². The number of hydrogen-bond donors (Lipinski definition) is 0. The van der Waals surface area contributed by atoms with Crippen molar-refractivity contribution in [2.75, 3.05) is 33.9 Å². The van der Waals surface area contributed by atoms with Crippen LogP contribution in [0.25, 0.3) is 17.2 Å². The van der Waals surface area contributed by atoms with Gasteiger partial charge in [0.25, 0.3) is 0 Å². The van der Waals surface area contributed by atoms with E-state index in [0.717, 1.165) is 34.5 Å². The van der Waals surface area contributed by atoms with Crippen LogP contribution in [0.3, 0.4) is 0 Å². The molecule has 0 saturated heterocycles. The average Bonchev–Trinajstić information content (AvgIpc) is 2.79. The van der Waals surface area contributed by atoms with E-state index < -0.39 is 0 Å². The Labute approximate surface area is 197 Å². The Kier molecular flexibility index (Phi) is 8.45. The van der Waals surface area contributed by atoms with Gasteiger partial charge in [0.2, 0.25) is 0 Å². The van der Waals surface area contributed by atoms with Crippen molar-refractivity contribution >= 4 is 11.9 Å². The minimum atomic E-state index is -0.0984. The summed E-state index contributed by atoms with van der Waals surface area (Å²) >= 11 is 0. The molecule has 4 heteroatoms. The molecule has 0 atom stereocenters. The van der Waals surface area contributed by atoms with Crippen LogP contribution in [0.5, 0.6) is 11.5 Å². The van der Waals surface area contributed by atoms with E-state index >= 15 is 0 Å². The van der Waals surface area contributed by atoms with E-state index in [4.69, 9.17) is 9.47 Å². The van der Waals surface area contributed by atoms with Crippen molar-refractivity contribution in [3.8, 4) is 22.6 Å². The van der Waals surface area contributed by atoms with Crippen LogP contribution in [0.15, 0.2) is 66.7 Å². The molecule has 3 aromatic rings. The molecule has 0 aliphatic carbocycles. The predicted octanol–water partition coefficient (Wildman–Crippen LogP) is 6.21.